The molecule has 0 aromatic carbocycles. The first-order valence-corrected chi connectivity index (χ1v) is 6.65. The van der Waals surface area contributed by atoms with Crippen LogP contribution in [0.5, 0.6) is 0 Å². The molecule has 2 atom stereocenters. The van der Waals surface area contributed by atoms with Gasteiger partial charge in [-0.25, -0.2) is 4.98 Å². The number of nitrogens with two attached hydrogens (primary N) is 2. The number of carbonyl (C=O) groups excluding carboxylic acids is 1. The highest BCUT2D eigenvalue weighted by Gasteiger charge is 2.38. The fourth-order valence-corrected chi connectivity index (χ4v) is 3.45. The van der Waals surface area contributed by atoms with E-state index in [-0.39, 0.29) is 5.91 Å². The van der Waals surface area contributed by atoms with Gasteiger partial charge in [-0.3, -0.25) is 4.79 Å². The molecule has 0 spiro atoms. The number of primary amides is 1. The van der Waals surface area contributed by atoms with Crippen LogP contribution in [0.3, 0.4) is 0 Å². The first-order valence-electron chi connectivity index (χ1n) is 5.77. The molecule has 5 heteroatoms. The fraction of sp³-hybridized carbons (Fsp3) is 0.500. The molecule has 0 saturated heterocycles. The third-order valence-electron chi connectivity index (χ3n) is 3.16. The van der Waals surface area contributed by atoms with Crippen molar-refractivity contribution in [1.82, 2.24) is 4.98 Å². The van der Waals surface area contributed by atoms with Crippen molar-refractivity contribution in [2.24, 2.45) is 11.5 Å². The Bertz CT molecular complexity index is 398. The van der Waals surface area contributed by atoms with Crippen molar-refractivity contribution in [2.75, 3.05) is 0 Å². The van der Waals surface area contributed by atoms with Crippen LogP contribution in [0.2, 0.25) is 0 Å². The minimum absolute atomic E-state index is 0.330. The number of nitrogens with zero attached hydrogens (tertiary/aromatic N) is 1. The van der Waals surface area contributed by atoms with Crippen LogP contribution in [-0.4, -0.2) is 21.7 Å². The summed E-state index contributed by atoms with van der Waals surface area (Å²) in [6.45, 7) is 0. The SMILES string of the molecule is NC(=O)C1(N)CCCC(Sc2ccccn2)C1. The molecule has 17 heavy (non-hydrogen) atoms. The monoisotopic (exact) mass is 251 g/mol. The Kier molecular flexibility index (Phi) is 3.69. The first kappa shape index (κ1) is 12.4. The van der Waals surface area contributed by atoms with Gasteiger partial charge < -0.3 is 11.5 Å². The van der Waals surface area contributed by atoms with Gasteiger partial charge in [-0.1, -0.05) is 6.07 Å². The van der Waals surface area contributed by atoms with Gasteiger partial charge >= 0.3 is 0 Å². The van der Waals surface area contributed by atoms with E-state index in [1.807, 2.05) is 18.2 Å². The average Bonchev–Trinajstić information content (AvgIpc) is 2.30. The molecule has 1 fully saturated rings. The van der Waals surface area contributed by atoms with E-state index in [4.69, 9.17) is 11.5 Å². The Morgan fingerprint density at radius 1 is 1.53 bits per heavy atom. The Hall–Kier alpha value is -1.07. The number of aromatic nitrogens is 1. The van der Waals surface area contributed by atoms with Crippen molar-refractivity contribution in [3.63, 3.8) is 0 Å². The maximum atomic E-state index is 11.3. The molecule has 4 N–H and O–H groups in total. The molecule has 1 aliphatic carbocycles. The van der Waals surface area contributed by atoms with Crippen molar-refractivity contribution in [3.8, 4) is 0 Å². The van der Waals surface area contributed by atoms with Crippen LogP contribution in [0, 0.1) is 0 Å². The number of amides is 1. The van der Waals surface area contributed by atoms with E-state index in [0.29, 0.717) is 18.1 Å². The third kappa shape index (κ3) is 2.98. The van der Waals surface area contributed by atoms with Gasteiger partial charge in [0, 0.05) is 11.4 Å². The van der Waals surface area contributed by atoms with Crippen molar-refractivity contribution >= 4 is 17.7 Å². The molecule has 1 aliphatic rings. The molecule has 4 nitrogen and oxygen atoms in total. The molecule has 92 valence electrons. The van der Waals surface area contributed by atoms with Gasteiger partial charge in [0.25, 0.3) is 0 Å². The van der Waals surface area contributed by atoms with Crippen LogP contribution in [0.15, 0.2) is 29.4 Å². The van der Waals surface area contributed by atoms with Crippen LogP contribution in [0.25, 0.3) is 0 Å². The molecular formula is C12H17N3OS. The summed E-state index contributed by atoms with van der Waals surface area (Å²) in [4.78, 5) is 15.6. The van der Waals surface area contributed by atoms with E-state index < -0.39 is 5.54 Å². The number of rotatable bonds is 3. The molecule has 1 heterocycles. The summed E-state index contributed by atoms with van der Waals surface area (Å²) in [5.41, 5.74) is 10.6. The molecule has 1 saturated carbocycles. The lowest BCUT2D eigenvalue weighted by molar-refractivity contribution is -0.124. The van der Waals surface area contributed by atoms with Gasteiger partial charge in [0.1, 0.15) is 0 Å². The van der Waals surface area contributed by atoms with E-state index in [9.17, 15) is 4.79 Å². The summed E-state index contributed by atoms with van der Waals surface area (Å²) in [5.74, 6) is -0.385. The second kappa shape index (κ2) is 5.06. The molecule has 2 unspecified atom stereocenters. The number of hydrogen-bond acceptors (Lipinski definition) is 4. The molecule has 2 rings (SSSR count). The largest absolute Gasteiger partial charge is 0.368 e. The van der Waals surface area contributed by atoms with E-state index >= 15 is 0 Å². The topological polar surface area (TPSA) is 82.0 Å². The predicted octanol–water partition coefficient (Wildman–Crippen LogP) is 1.30. The molecule has 0 aliphatic heterocycles. The lowest BCUT2D eigenvalue weighted by Gasteiger charge is -2.34. The van der Waals surface area contributed by atoms with Crippen LogP contribution < -0.4 is 11.5 Å². The van der Waals surface area contributed by atoms with Crippen molar-refractivity contribution in [1.29, 1.82) is 0 Å². The van der Waals surface area contributed by atoms with Gasteiger partial charge in [-0.05, 0) is 37.8 Å². The second-order valence-corrected chi connectivity index (χ2v) is 5.85. The smallest absolute Gasteiger partial charge is 0.237 e. The summed E-state index contributed by atoms with van der Waals surface area (Å²) >= 11 is 1.69. The Morgan fingerprint density at radius 3 is 3.00 bits per heavy atom. The predicted molar refractivity (Wildman–Crippen MR) is 68.5 cm³/mol. The second-order valence-electron chi connectivity index (χ2n) is 4.52. The fourth-order valence-electron chi connectivity index (χ4n) is 2.17. The normalized spacial score (nSPS) is 28.9. The zero-order chi connectivity index (χ0) is 12.3. The highest BCUT2D eigenvalue weighted by molar-refractivity contribution is 7.99. The molecule has 1 aromatic heterocycles. The zero-order valence-corrected chi connectivity index (χ0v) is 10.5. The van der Waals surface area contributed by atoms with E-state index in [2.05, 4.69) is 4.98 Å². The zero-order valence-electron chi connectivity index (χ0n) is 9.63. The number of pyridine rings is 1. The van der Waals surface area contributed by atoms with Crippen LogP contribution in [0.4, 0.5) is 0 Å². The number of thioether (sulfide) groups is 1. The Labute approximate surface area is 105 Å². The van der Waals surface area contributed by atoms with Gasteiger partial charge in [0.2, 0.25) is 5.91 Å². The summed E-state index contributed by atoms with van der Waals surface area (Å²) in [6, 6.07) is 5.82. The third-order valence-corrected chi connectivity index (χ3v) is 4.38. The molecular weight excluding hydrogens is 234 g/mol. The molecule has 0 radical (unpaired) electrons. The van der Waals surface area contributed by atoms with Gasteiger partial charge in [0.05, 0.1) is 10.6 Å². The van der Waals surface area contributed by atoms with E-state index in [0.717, 1.165) is 17.9 Å². The van der Waals surface area contributed by atoms with Crippen LogP contribution in [0.1, 0.15) is 25.7 Å². The summed E-state index contributed by atoms with van der Waals surface area (Å²) in [6.07, 6.45) is 5.12. The minimum Gasteiger partial charge on any atom is -0.368 e. The Morgan fingerprint density at radius 2 is 2.35 bits per heavy atom. The van der Waals surface area contributed by atoms with Crippen molar-refractivity contribution < 1.29 is 4.79 Å². The van der Waals surface area contributed by atoms with Crippen molar-refractivity contribution in [3.05, 3.63) is 24.4 Å². The maximum absolute atomic E-state index is 11.3. The highest BCUT2D eigenvalue weighted by atomic mass is 32.2. The Balaban J connectivity index is 2.01. The number of carbonyl (C=O) groups is 1. The van der Waals surface area contributed by atoms with Gasteiger partial charge in [-0.2, -0.15) is 0 Å². The quantitative estimate of drug-likeness (QED) is 0.848. The number of hydrogen-bond donors (Lipinski definition) is 2. The highest BCUT2D eigenvalue weighted by Crippen LogP contribution is 2.36. The first-order chi connectivity index (χ1) is 8.10. The van der Waals surface area contributed by atoms with E-state index in [1.54, 1.807) is 18.0 Å². The lowest BCUT2D eigenvalue weighted by atomic mass is 9.82. The van der Waals surface area contributed by atoms with Crippen LogP contribution >= 0.6 is 11.8 Å². The summed E-state index contributed by atoms with van der Waals surface area (Å²) in [5, 5.41) is 1.31. The lowest BCUT2D eigenvalue weighted by Crippen LogP contribution is -2.55. The summed E-state index contributed by atoms with van der Waals surface area (Å²) in [7, 11) is 0. The maximum Gasteiger partial charge on any atom is 0.237 e. The molecule has 1 aromatic rings. The van der Waals surface area contributed by atoms with Crippen LogP contribution in [-0.2, 0) is 4.79 Å². The minimum atomic E-state index is -0.829. The van der Waals surface area contributed by atoms with Gasteiger partial charge in [0.15, 0.2) is 0 Å². The van der Waals surface area contributed by atoms with E-state index in [1.165, 1.54) is 0 Å². The van der Waals surface area contributed by atoms with Crippen molar-refractivity contribution in [2.45, 2.75) is 41.5 Å². The standard InChI is InChI=1S/C12H17N3OS/c13-11(16)12(14)6-3-4-9(8-12)17-10-5-1-2-7-15-10/h1-2,5,7,9H,3-4,6,8,14H2,(H2,13,16). The summed E-state index contributed by atoms with van der Waals surface area (Å²) < 4.78 is 0. The molecule has 0 bridgehead atoms. The molecule has 1 amide bonds. The van der Waals surface area contributed by atoms with Gasteiger partial charge in [-0.15, -0.1) is 11.8 Å². The average molecular weight is 251 g/mol.